The topological polar surface area (TPSA) is 118 Å². The fourth-order valence-corrected chi connectivity index (χ4v) is 4.35. The maximum Gasteiger partial charge on any atom is 0.416 e. The molecule has 0 aliphatic carbocycles. The van der Waals surface area contributed by atoms with Crippen molar-refractivity contribution in [2.45, 2.75) is 11.1 Å². The zero-order chi connectivity index (χ0) is 24.4. The molecule has 0 radical (unpaired) electrons. The fraction of sp³-hybridized carbons (Fsp3) is 0.0500. The lowest BCUT2D eigenvalue weighted by molar-refractivity contribution is -0.387. The second kappa shape index (κ2) is 9.08. The number of carbonyl (C=O) groups excluding carboxylic acids is 1. The number of nitrogens with one attached hydrogen (secondary N) is 2. The van der Waals surface area contributed by atoms with Crippen LogP contribution in [0.25, 0.3) is 0 Å². The Labute approximate surface area is 190 Å². The standard InChI is InChI=1S/C20H13ClF3N3O5S/c21-17-15(25-19(28)12-5-2-1-3-6-12)9-10-16(18(17)27(29)30)33(31,32)26-14-8-4-7-13(11-14)20(22,23)24/h1-11,26H,(H,25,28). The summed E-state index contributed by atoms with van der Waals surface area (Å²) < 4.78 is 66.1. The molecule has 172 valence electrons. The summed E-state index contributed by atoms with van der Waals surface area (Å²) in [6, 6.07) is 13.0. The third-order valence-electron chi connectivity index (χ3n) is 4.28. The second-order valence-electron chi connectivity index (χ2n) is 6.54. The summed E-state index contributed by atoms with van der Waals surface area (Å²) in [4.78, 5) is 22.0. The molecule has 0 fully saturated rings. The van der Waals surface area contributed by atoms with Crippen LogP contribution in [0.2, 0.25) is 5.02 Å². The van der Waals surface area contributed by atoms with Gasteiger partial charge in [-0.05, 0) is 42.5 Å². The van der Waals surface area contributed by atoms with Crippen LogP contribution in [0.15, 0.2) is 71.6 Å². The van der Waals surface area contributed by atoms with Crippen molar-refractivity contribution < 1.29 is 31.3 Å². The molecule has 0 aromatic heterocycles. The molecule has 1 amide bonds. The predicted molar refractivity (Wildman–Crippen MR) is 115 cm³/mol. The smallest absolute Gasteiger partial charge is 0.320 e. The molecular formula is C20H13ClF3N3O5S. The van der Waals surface area contributed by atoms with Crippen molar-refractivity contribution in [2.75, 3.05) is 10.0 Å². The van der Waals surface area contributed by atoms with E-state index in [9.17, 15) is 36.5 Å². The Balaban J connectivity index is 1.98. The van der Waals surface area contributed by atoms with Gasteiger partial charge in [0.25, 0.3) is 15.9 Å². The Bertz CT molecular complexity index is 1330. The predicted octanol–water partition coefficient (Wildman–Crippen LogP) is 5.32. The van der Waals surface area contributed by atoms with Crippen molar-refractivity contribution in [3.8, 4) is 0 Å². The molecular weight excluding hydrogens is 487 g/mol. The van der Waals surface area contributed by atoms with Gasteiger partial charge in [0.2, 0.25) is 0 Å². The van der Waals surface area contributed by atoms with Crippen LogP contribution in [0.3, 0.4) is 0 Å². The van der Waals surface area contributed by atoms with Gasteiger partial charge in [0.15, 0.2) is 4.90 Å². The average molecular weight is 500 g/mol. The molecule has 0 unspecified atom stereocenters. The number of alkyl halides is 3. The molecule has 0 spiro atoms. The van der Waals surface area contributed by atoms with Crippen LogP contribution < -0.4 is 10.0 Å². The van der Waals surface area contributed by atoms with Gasteiger partial charge in [-0.15, -0.1) is 0 Å². The van der Waals surface area contributed by atoms with E-state index in [1.807, 2.05) is 4.72 Å². The Morgan fingerprint density at radius 1 is 1.00 bits per heavy atom. The molecule has 0 saturated carbocycles. The summed E-state index contributed by atoms with van der Waals surface area (Å²) in [6.45, 7) is 0. The van der Waals surface area contributed by atoms with E-state index in [-0.39, 0.29) is 11.3 Å². The van der Waals surface area contributed by atoms with Crippen molar-refractivity contribution in [3.63, 3.8) is 0 Å². The number of nitro groups is 1. The summed E-state index contributed by atoms with van der Waals surface area (Å²) in [5, 5.41) is 13.3. The molecule has 0 heterocycles. The quantitative estimate of drug-likeness (QED) is 0.351. The SMILES string of the molecule is O=C(Nc1ccc(S(=O)(=O)Nc2cccc(C(F)(F)F)c2)c([N+](=O)[O-])c1Cl)c1ccccc1. The number of rotatable bonds is 6. The summed E-state index contributed by atoms with van der Waals surface area (Å²) in [7, 11) is -4.73. The van der Waals surface area contributed by atoms with Crippen molar-refractivity contribution in [1.82, 2.24) is 0 Å². The van der Waals surface area contributed by atoms with Crippen molar-refractivity contribution in [2.24, 2.45) is 0 Å². The van der Waals surface area contributed by atoms with Gasteiger partial charge in [-0.25, -0.2) is 8.42 Å². The molecule has 13 heteroatoms. The number of anilines is 2. The van der Waals surface area contributed by atoms with Crippen LogP contribution in [0.1, 0.15) is 15.9 Å². The van der Waals surface area contributed by atoms with Crippen LogP contribution in [0.4, 0.5) is 30.2 Å². The van der Waals surface area contributed by atoms with Gasteiger partial charge >= 0.3 is 11.9 Å². The summed E-state index contributed by atoms with van der Waals surface area (Å²) >= 11 is 6.04. The highest BCUT2D eigenvalue weighted by Crippen LogP contribution is 2.39. The highest BCUT2D eigenvalue weighted by Gasteiger charge is 2.33. The van der Waals surface area contributed by atoms with E-state index in [2.05, 4.69) is 5.32 Å². The first-order valence-electron chi connectivity index (χ1n) is 8.93. The van der Waals surface area contributed by atoms with Gasteiger partial charge in [0, 0.05) is 11.3 Å². The monoisotopic (exact) mass is 499 g/mol. The molecule has 0 aliphatic rings. The lowest BCUT2D eigenvalue weighted by atomic mass is 10.2. The number of nitro benzene ring substituents is 1. The number of amides is 1. The molecule has 8 nitrogen and oxygen atoms in total. The average Bonchev–Trinajstić information content (AvgIpc) is 2.74. The van der Waals surface area contributed by atoms with Crippen LogP contribution in [0.5, 0.6) is 0 Å². The minimum atomic E-state index is -4.73. The highest BCUT2D eigenvalue weighted by atomic mass is 35.5. The maximum atomic E-state index is 12.9. The Morgan fingerprint density at radius 2 is 1.67 bits per heavy atom. The van der Waals surface area contributed by atoms with Crippen molar-refractivity contribution >= 4 is 44.6 Å². The minimum Gasteiger partial charge on any atom is -0.320 e. The van der Waals surface area contributed by atoms with Crippen LogP contribution >= 0.6 is 11.6 Å². The highest BCUT2D eigenvalue weighted by molar-refractivity contribution is 7.92. The zero-order valence-corrected chi connectivity index (χ0v) is 17.8. The lowest BCUT2D eigenvalue weighted by Crippen LogP contribution is -2.17. The number of halogens is 4. The van der Waals surface area contributed by atoms with Gasteiger partial charge in [-0.1, -0.05) is 35.9 Å². The Kier molecular flexibility index (Phi) is 6.60. The van der Waals surface area contributed by atoms with E-state index in [1.165, 1.54) is 12.1 Å². The number of hydrogen-bond acceptors (Lipinski definition) is 5. The largest absolute Gasteiger partial charge is 0.416 e. The first kappa shape index (κ1) is 24.0. The molecule has 3 rings (SSSR count). The van der Waals surface area contributed by atoms with Crippen LogP contribution in [0, 0.1) is 10.1 Å². The van der Waals surface area contributed by atoms with Gasteiger partial charge in [0.05, 0.1) is 16.2 Å². The van der Waals surface area contributed by atoms with Gasteiger partial charge in [-0.3, -0.25) is 19.6 Å². The zero-order valence-electron chi connectivity index (χ0n) is 16.3. The number of sulfonamides is 1. The van der Waals surface area contributed by atoms with Gasteiger partial charge in [-0.2, -0.15) is 13.2 Å². The van der Waals surface area contributed by atoms with Crippen molar-refractivity contribution in [1.29, 1.82) is 0 Å². The third-order valence-corrected chi connectivity index (χ3v) is 6.07. The molecule has 3 aromatic rings. The van der Waals surface area contributed by atoms with E-state index >= 15 is 0 Å². The number of benzene rings is 3. The van der Waals surface area contributed by atoms with Gasteiger partial charge < -0.3 is 5.32 Å². The van der Waals surface area contributed by atoms with Crippen molar-refractivity contribution in [3.05, 3.63) is 93.0 Å². The molecule has 0 aliphatic heterocycles. The normalized spacial score (nSPS) is 11.6. The molecule has 0 bridgehead atoms. The number of hydrogen-bond donors (Lipinski definition) is 2. The lowest BCUT2D eigenvalue weighted by Gasteiger charge is -2.13. The Hall–Kier alpha value is -3.64. The number of nitrogens with zero attached hydrogens (tertiary/aromatic N) is 1. The minimum absolute atomic E-state index is 0.221. The molecule has 33 heavy (non-hydrogen) atoms. The maximum absolute atomic E-state index is 12.9. The second-order valence-corrected chi connectivity index (χ2v) is 8.56. The van der Waals surface area contributed by atoms with Gasteiger partial charge in [0.1, 0.15) is 5.02 Å². The van der Waals surface area contributed by atoms with E-state index in [0.29, 0.717) is 6.07 Å². The van der Waals surface area contributed by atoms with E-state index < -0.39 is 53.9 Å². The molecule has 0 atom stereocenters. The van der Waals surface area contributed by atoms with E-state index in [4.69, 9.17) is 11.6 Å². The molecule has 3 aromatic carbocycles. The summed E-state index contributed by atoms with van der Waals surface area (Å²) in [6.07, 6.45) is -4.73. The van der Waals surface area contributed by atoms with Crippen LogP contribution in [-0.4, -0.2) is 19.2 Å². The van der Waals surface area contributed by atoms with Crippen LogP contribution in [-0.2, 0) is 16.2 Å². The Morgan fingerprint density at radius 3 is 2.27 bits per heavy atom. The number of carbonyl (C=O) groups is 1. The summed E-state index contributed by atoms with van der Waals surface area (Å²) in [5.41, 5.74) is -2.64. The fourth-order valence-electron chi connectivity index (χ4n) is 2.78. The van der Waals surface area contributed by atoms with E-state index in [1.54, 1.807) is 18.2 Å². The molecule has 0 saturated heterocycles. The molecule has 2 N–H and O–H groups in total. The third kappa shape index (κ3) is 5.41. The summed E-state index contributed by atoms with van der Waals surface area (Å²) in [5.74, 6) is -0.649. The first-order chi connectivity index (χ1) is 15.4. The first-order valence-corrected chi connectivity index (χ1v) is 10.8. The van der Waals surface area contributed by atoms with E-state index in [0.717, 1.165) is 30.3 Å².